The molecule has 1 heterocycles. The van der Waals surface area contributed by atoms with E-state index in [4.69, 9.17) is 15.6 Å². The third-order valence-electron chi connectivity index (χ3n) is 2.67. The molecule has 0 amide bonds. The highest BCUT2D eigenvalue weighted by molar-refractivity contribution is 5.91. The highest BCUT2D eigenvalue weighted by Crippen LogP contribution is 2.25. The van der Waals surface area contributed by atoms with Gasteiger partial charge >= 0.3 is 5.97 Å². The smallest absolute Gasteiger partial charge is 0.356 e. The molecule has 0 aliphatic rings. The van der Waals surface area contributed by atoms with Crippen molar-refractivity contribution < 1.29 is 19.0 Å². The second kappa shape index (κ2) is 6.17. The summed E-state index contributed by atoms with van der Waals surface area (Å²) in [6, 6.07) is 4.15. The number of aromatic carboxylic acids is 1. The van der Waals surface area contributed by atoms with Gasteiger partial charge in [0.05, 0.1) is 24.1 Å². The maximum Gasteiger partial charge on any atom is 0.356 e. The monoisotopic (exact) mass is 291 g/mol. The standard InChI is InChI=1S/C14H14FN3O3/c1-2-5-21-8-3-4-10(15)9(6-8)13-17-7-11(16)12(18-13)14(19)20/h3-4,6-7H,2,5,16H2,1H3,(H,19,20). The number of benzene rings is 1. The first kappa shape index (κ1) is 14.7. The van der Waals surface area contributed by atoms with Crippen molar-refractivity contribution in [2.75, 3.05) is 12.3 Å². The lowest BCUT2D eigenvalue weighted by molar-refractivity contribution is 0.0691. The number of halogens is 1. The van der Waals surface area contributed by atoms with Crippen molar-refractivity contribution in [3.8, 4) is 17.1 Å². The fraction of sp³-hybridized carbons (Fsp3) is 0.214. The number of nitrogen functional groups attached to an aromatic ring is 1. The van der Waals surface area contributed by atoms with E-state index in [-0.39, 0.29) is 22.8 Å². The van der Waals surface area contributed by atoms with Gasteiger partial charge in [0.25, 0.3) is 0 Å². The fourth-order valence-electron chi connectivity index (χ4n) is 1.68. The number of ether oxygens (including phenoxy) is 1. The van der Waals surface area contributed by atoms with E-state index in [0.717, 1.165) is 12.6 Å². The molecule has 0 saturated heterocycles. The molecule has 0 atom stereocenters. The second-order valence-electron chi connectivity index (χ2n) is 4.29. The van der Waals surface area contributed by atoms with Crippen molar-refractivity contribution in [1.29, 1.82) is 0 Å². The molecular weight excluding hydrogens is 277 g/mol. The Morgan fingerprint density at radius 3 is 2.90 bits per heavy atom. The van der Waals surface area contributed by atoms with Crippen molar-refractivity contribution in [2.45, 2.75) is 13.3 Å². The Balaban J connectivity index is 2.45. The summed E-state index contributed by atoms with van der Waals surface area (Å²) in [7, 11) is 0. The van der Waals surface area contributed by atoms with Gasteiger partial charge in [0, 0.05) is 0 Å². The van der Waals surface area contributed by atoms with Crippen LogP contribution < -0.4 is 10.5 Å². The third kappa shape index (κ3) is 3.25. The Morgan fingerprint density at radius 1 is 1.48 bits per heavy atom. The molecule has 0 unspecified atom stereocenters. The van der Waals surface area contributed by atoms with Crippen LogP contribution in [0.1, 0.15) is 23.8 Å². The average molecular weight is 291 g/mol. The van der Waals surface area contributed by atoms with Gasteiger partial charge in [0.1, 0.15) is 11.6 Å². The Labute approximate surface area is 120 Å². The van der Waals surface area contributed by atoms with Gasteiger partial charge in [0.15, 0.2) is 11.5 Å². The maximum absolute atomic E-state index is 13.9. The number of aromatic nitrogens is 2. The predicted octanol–water partition coefficient (Wildman–Crippen LogP) is 2.35. The van der Waals surface area contributed by atoms with Crippen LogP contribution >= 0.6 is 0 Å². The number of nitrogens with zero attached hydrogens (tertiary/aromatic N) is 2. The molecule has 2 rings (SSSR count). The van der Waals surface area contributed by atoms with Gasteiger partial charge in [-0.3, -0.25) is 0 Å². The summed E-state index contributed by atoms with van der Waals surface area (Å²) < 4.78 is 19.3. The van der Waals surface area contributed by atoms with Gasteiger partial charge in [0.2, 0.25) is 0 Å². The first-order chi connectivity index (χ1) is 10.0. The van der Waals surface area contributed by atoms with Crippen molar-refractivity contribution in [2.24, 2.45) is 0 Å². The minimum Gasteiger partial charge on any atom is -0.494 e. The molecule has 0 fully saturated rings. The fourth-order valence-corrected chi connectivity index (χ4v) is 1.68. The zero-order valence-electron chi connectivity index (χ0n) is 11.3. The number of carboxylic acids is 1. The van der Waals surface area contributed by atoms with Crippen LogP contribution in [0.2, 0.25) is 0 Å². The van der Waals surface area contributed by atoms with Crippen molar-refractivity contribution in [1.82, 2.24) is 9.97 Å². The number of carboxylic acid groups (broad SMARTS) is 1. The Morgan fingerprint density at radius 2 is 2.24 bits per heavy atom. The quantitative estimate of drug-likeness (QED) is 0.877. The van der Waals surface area contributed by atoms with Crippen LogP contribution in [0, 0.1) is 5.82 Å². The van der Waals surface area contributed by atoms with Crippen LogP contribution in [-0.2, 0) is 0 Å². The van der Waals surface area contributed by atoms with Crippen LogP contribution in [0.4, 0.5) is 10.1 Å². The largest absolute Gasteiger partial charge is 0.494 e. The number of carbonyl (C=O) groups is 1. The van der Waals surface area contributed by atoms with E-state index in [1.807, 2.05) is 6.92 Å². The molecular formula is C14H14FN3O3. The minimum absolute atomic E-state index is 0.0546. The Kier molecular flexibility index (Phi) is 4.32. The van der Waals surface area contributed by atoms with Crippen molar-refractivity contribution in [3.63, 3.8) is 0 Å². The van der Waals surface area contributed by atoms with Crippen LogP contribution in [-0.4, -0.2) is 27.7 Å². The van der Waals surface area contributed by atoms with Crippen LogP contribution in [0.3, 0.4) is 0 Å². The molecule has 21 heavy (non-hydrogen) atoms. The highest BCUT2D eigenvalue weighted by atomic mass is 19.1. The summed E-state index contributed by atoms with van der Waals surface area (Å²) >= 11 is 0. The summed E-state index contributed by atoms with van der Waals surface area (Å²) in [5.41, 5.74) is 5.10. The Hall–Kier alpha value is -2.70. The molecule has 7 heteroatoms. The molecule has 1 aromatic carbocycles. The van der Waals surface area contributed by atoms with E-state index >= 15 is 0 Å². The average Bonchev–Trinajstić information content (AvgIpc) is 2.47. The van der Waals surface area contributed by atoms with Gasteiger partial charge in [-0.25, -0.2) is 19.2 Å². The van der Waals surface area contributed by atoms with Crippen LogP contribution in [0.25, 0.3) is 11.4 Å². The molecule has 3 N–H and O–H groups in total. The number of hydrogen-bond acceptors (Lipinski definition) is 5. The molecule has 1 aromatic heterocycles. The van der Waals surface area contributed by atoms with Gasteiger partial charge in [-0.2, -0.15) is 0 Å². The molecule has 2 aromatic rings. The number of nitrogens with two attached hydrogens (primary N) is 1. The second-order valence-corrected chi connectivity index (χ2v) is 4.29. The molecule has 0 spiro atoms. The minimum atomic E-state index is -1.30. The lowest BCUT2D eigenvalue weighted by Crippen LogP contribution is -2.08. The normalized spacial score (nSPS) is 10.4. The van der Waals surface area contributed by atoms with E-state index in [9.17, 15) is 9.18 Å². The summed E-state index contributed by atoms with van der Waals surface area (Å²) in [4.78, 5) is 18.7. The van der Waals surface area contributed by atoms with E-state index in [2.05, 4.69) is 9.97 Å². The third-order valence-corrected chi connectivity index (χ3v) is 2.67. The van der Waals surface area contributed by atoms with Crippen molar-refractivity contribution in [3.05, 3.63) is 35.9 Å². The lowest BCUT2D eigenvalue weighted by Gasteiger charge is -2.08. The first-order valence-corrected chi connectivity index (χ1v) is 6.31. The zero-order chi connectivity index (χ0) is 15.4. The summed E-state index contributed by atoms with van der Waals surface area (Å²) in [5.74, 6) is -1.46. The van der Waals surface area contributed by atoms with Gasteiger partial charge in [-0.15, -0.1) is 0 Å². The van der Waals surface area contributed by atoms with E-state index in [1.165, 1.54) is 18.2 Å². The van der Waals surface area contributed by atoms with Crippen LogP contribution in [0.15, 0.2) is 24.4 Å². The number of hydrogen-bond donors (Lipinski definition) is 2. The topological polar surface area (TPSA) is 98.3 Å². The van der Waals surface area contributed by atoms with E-state index in [1.54, 1.807) is 0 Å². The number of anilines is 1. The molecule has 0 aliphatic carbocycles. The molecule has 0 bridgehead atoms. The highest BCUT2D eigenvalue weighted by Gasteiger charge is 2.15. The summed E-state index contributed by atoms with van der Waals surface area (Å²) in [5, 5.41) is 8.99. The SMILES string of the molecule is CCCOc1ccc(F)c(-c2ncc(N)c(C(=O)O)n2)c1. The predicted molar refractivity (Wildman–Crippen MR) is 74.6 cm³/mol. The summed E-state index contributed by atoms with van der Waals surface area (Å²) in [6.07, 6.45) is 1.96. The molecule has 0 radical (unpaired) electrons. The van der Waals surface area contributed by atoms with Gasteiger partial charge in [-0.05, 0) is 24.6 Å². The first-order valence-electron chi connectivity index (χ1n) is 6.31. The number of rotatable bonds is 5. The van der Waals surface area contributed by atoms with E-state index in [0.29, 0.717) is 12.4 Å². The van der Waals surface area contributed by atoms with Gasteiger partial charge in [-0.1, -0.05) is 6.92 Å². The molecule has 6 nitrogen and oxygen atoms in total. The molecule has 110 valence electrons. The lowest BCUT2D eigenvalue weighted by atomic mass is 10.1. The zero-order valence-corrected chi connectivity index (χ0v) is 11.3. The Bertz CT molecular complexity index is 677. The van der Waals surface area contributed by atoms with Crippen molar-refractivity contribution >= 4 is 11.7 Å². The van der Waals surface area contributed by atoms with Gasteiger partial charge < -0.3 is 15.6 Å². The molecule has 0 aliphatic heterocycles. The maximum atomic E-state index is 13.9. The molecule has 0 saturated carbocycles. The summed E-state index contributed by atoms with van der Waals surface area (Å²) in [6.45, 7) is 2.45. The van der Waals surface area contributed by atoms with Crippen LogP contribution in [0.5, 0.6) is 5.75 Å². The van der Waals surface area contributed by atoms with E-state index < -0.39 is 11.8 Å².